The second-order valence-electron chi connectivity index (χ2n) is 6.28. The Labute approximate surface area is 153 Å². The van der Waals surface area contributed by atoms with Crippen LogP contribution in [0.25, 0.3) is 10.8 Å². The minimum atomic E-state index is -0.454. The molecule has 3 aromatic rings. The predicted molar refractivity (Wildman–Crippen MR) is 92.8 cm³/mol. The fraction of sp³-hybridized carbons (Fsp3) is 0.412. The van der Waals surface area contributed by atoms with Gasteiger partial charge in [0.25, 0.3) is 11.8 Å². The van der Waals surface area contributed by atoms with Crippen molar-refractivity contribution in [1.29, 1.82) is 0 Å². The lowest BCUT2D eigenvalue weighted by molar-refractivity contribution is -0.0121. The molecule has 0 spiro atoms. The molecule has 1 atom stereocenters. The maximum absolute atomic E-state index is 12.9. The topological polar surface area (TPSA) is 94.5 Å². The van der Waals surface area contributed by atoms with E-state index in [0.717, 1.165) is 10.6 Å². The molecule has 1 unspecified atom stereocenters. The van der Waals surface area contributed by atoms with Gasteiger partial charge in [0.2, 0.25) is 11.7 Å². The zero-order chi connectivity index (χ0) is 18.1. The fourth-order valence-electron chi connectivity index (χ4n) is 2.72. The van der Waals surface area contributed by atoms with Crippen molar-refractivity contribution in [2.24, 2.45) is 0 Å². The van der Waals surface area contributed by atoms with Crippen LogP contribution in [-0.2, 0) is 4.74 Å². The first-order valence-electron chi connectivity index (χ1n) is 8.36. The molecule has 8 nitrogen and oxygen atoms in total. The summed E-state index contributed by atoms with van der Waals surface area (Å²) < 4.78 is 16.6. The van der Waals surface area contributed by atoms with E-state index >= 15 is 0 Å². The van der Waals surface area contributed by atoms with Crippen LogP contribution in [0.1, 0.15) is 47.9 Å². The third-order valence-electron chi connectivity index (χ3n) is 4.18. The zero-order valence-electron chi connectivity index (χ0n) is 14.4. The quantitative estimate of drug-likeness (QED) is 0.692. The van der Waals surface area contributed by atoms with Crippen LogP contribution < -0.4 is 0 Å². The van der Waals surface area contributed by atoms with Gasteiger partial charge in [0, 0.05) is 12.6 Å². The number of carbonyl (C=O) groups is 1. The van der Waals surface area contributed by atoms with Crippen LogP contribution in [0.2, 0.25) is 0 Å². The SMILES string of the molecule is CC(C)c1cc(C(=O)N2CCOCC2c2nnc(-c3cccs3)o2)on1. The lowest BCUT2D eigenvalue weighted by Gasteiger charge is -2.32. The van der Waals surface area contributed by atoms with E-state index in [1.165, 1.54) is 11.3 Å². The summed E-state index contributed by atoms with van der Waals surface area (Å²) in [5.74, 6) is 0.928. The van der Waals surface area contributed by atoms with E-state index < -0.39 is 6.04 Å². The Morgan fingerprint density at radius 2 is 2.27 bits per heavy atom. The number of carbonyl (C=O) groups excluding carboxylic acids is 1. The van der Waals surface area contributed by atoms with Gasteiger partial charge in [-0.1, -0.05) is 25.1 Å². The van der Waals surface area contributed by atoms with Crippen molar-refractivity contribution in [3.05, 3.63) is 40.9 Å². The van der Waals surface area contributed by atoms with Gasteiger partial charge in [-0.2, -0.15) is 0 Å². The van der Waals surface area contributed by atoms with Gasteiger partial charge < -0.3 is 18.6 Å². The van der Waals surface area contributed by atoms with Gasteiger partial charge in [0.1, 0.15) is 6.04 Å². The molecule has 1 aliphatic rings. The first-order valence-corrected chi connectivity index (χ1v) is 9.24. The smallest absolute Gasteiger partial charge is 0.293 e. The molecular formula is C17H18N4O4S. The normalized spacial score (nSPS) is 17.8. The van der Waals surface area contributed by atoms with Crippen LogP contribution in [0, 0.1) is 0 Å². The maximum atomic E-state index is 12.9. The second kappa shape index (κ2) is 7.00. The highest BCUT2D eigenvalue weighted by atomic mass is 32.1. The number of thiophene rings is 1. The van der Waals surface area contributed by atoms with E-state index in [1.807, 2.05) is 31.4 Å². The van der Waals surface area contributed by atoms with Crippen molar-refractivity contribution in [3.8, 4) is 10.8 Å². The molecule has 1 saturated heterocycles. The van der Waals surface area contributed by atoms with Crippen molar-refractivity contribution >= 4 is 17.2 Å². The molecule has 0 radical (unpaired) electrons. The van der Waals surface area contributed by atoms with Gasteiger partial charge in [-0.3, -0.25) is 4.79 Å². The Morgan fingerprint density at radius 1 is 1.38 bits per heavy atom. The molecule has 9 heteroatoms. The summed E-state index contributed by atoms with van der Waals surface area (Å²) in [5.41, 5.74) is 0.746. The van der Waals surface area contributed by atoms with Gasteiger partial charge in [-0.05, 0) is 17.4 Å². The Hall–Kier alpha value is -2.52. The average molecular weight is 374 g/mol. The third kappa shape index (κ3) is 3.15. The van der Waals surface area contributed by atoms with Crippen LogP contribution in [0.4, 0.5) is 0 Å². The number of nitrogens with zero attached hydrogens (tertiary/aromatic N) is 4. The van der Waals surface area contributed by atoms with Crippen LogP contribution in [0.5, 0.6) is 0 Å². The molecule has 0 aromatic carbocycles. The monoisotopic (exact) mass is 374 g/mol. The summed E-state index contributed by atoms with van der Waals surface area (Å²) in [6.45, 7) is 5.14. The summed E-state index contributed by atoms with van der Waals surface area (Å²) in [6, 6.07) is 5.05. The number of aromatic nitrogens is 3. The number of morpholine rings is 1. The van der Waals surface area contributed by atoms with Crippen molar-refractivity contribution in [3.63, 3.8) is 0 Å². The van der Waals surface area contributed by atoms with Gasteiger partial charge >= 0.3 is 0 Å². The molecule has 1 fully saturated rings. The summed E-state index contributed by atoms with van der Waals surface area (Å²) in [6.07, 6.45) is 0. The van der Waals surface area contributed by atoms with Crippen molar-refractivity contribution in [2.75, 3.05) is 19.8 Å². The Bertz CT molecular complexity index is 886. The molecule has 1 aliphatic heterocycles. The highest BCUT2D eigenvalue weighted by Crippen LogP contribution is 2.29. The fourth-order valence-corrected chi connectivity index (χ4v) is 3.37. The lowest BCUT2D eigenvalue weighted by Crippen LogP contribution is -2.43. The molecule has 3 aromatic heterocycles. The molecule has 136 valence electrons. The van der Waals surface area contributed by atoms with Crippen LogP contribution in [0.15, 0.2) is 32.5 Å². The standard InChI is InChI=1S/C17H18N4O4S/c1-10(2)11-8-13(25-20-11)17(22)21-5-6-23-9-12(21)15-18-19-16(24-15)14-4-3-7-26-14/h3-4,7-8,10,12H,5-6,9H2,1-2H3. The number of ether oxygens (including phenoxy) is 1. The molecule has 26 heavy (non-hydrogen) atoms. The van der Waals surface area contributed by atoms with Crippen LogP contribution in [0.3, 0.4) is 0 Å². The number of hydrogen-bond acceptors (Lipinski definition) is 8. The van der Waals surface area contributed by atoms with Gasteiger partial charge in [0.05, 0.1) is 23.8 Å². The van der Waals surface area contributed by atoms with E-state index in [2.05, 4.69) is 15.4 Å². The first kappa shape index (κ1) is 16.9. The minimum absolute atomic E-state index is 0.185. The highest BCUT2D eigenvalue weighted by molar-refractivity contribution is 7.13. The number of hydrogen-bond donors (Lipinski definition) is 0. The van der Waals surface area contributed by atoms with E-state index in [9.17, 15) is 4.79 Å². The highest BCUT2D eigenvalue weighted by Gasteiger charge is 2.35. The van der Waals surface area contributed by atoms with Gasteiger partial charge in [-0.15, -0.1) is 21.5 Å². The molecule has 4 heterocycles. The van der Waals surface area contributed by atoms with Crippen molar-refractivity contribution in [1.82, 2.24) is 20.3 Å². The Balaban J connectivity index is 1.59. The van der Waals surface area contributed by atoms with E-state index in [1.54, 1.807) is 11.0 Å². The first-order chi connectivity index (χ1) is 12.6. The second-order valence-corrected chi connectivity index (χ2v) is 7.23. The summed E-state index contributed by atoms with van der Waals surface area (Å²) in [7, 11) is 0. The summed E-state index contributed by atoms with van der Waals surface area (Å²) in [5, 5.41) is 14.1. The average Bonchev–Trinajstić information content (AvgIpc) is 3.42. The predicted octanol–water partition coefficient (Wildman–Crippen LogP) is 3.12. The maximum Gasteiger partial charge on any atom is 0.293 e. The van der Waals surface area contributed by atoms with Crippen molar-refractivity contribution < 1.29 is 18.5 Å². The largest absolute Gasteiger partial charge is 0.418 e. The number of rotatable bonds is 4. The summed E-state index contributed by atoms with van der Waals surface area (Å²) >= 11 is 1.51. The van der Waals surface area contributed by atoms with Crippen LogP contribution in [-0.4, -0.2) is 45.9 Å². The zero-order valence-corrected chi connectivity index (χ0v) is 15.2. The van der Waals surface area contributed by atoms with E-state index in [4.69, 9.17) is 13.7 Å². The molecule has 0 N–H and O–H groups in total. The minimum Gasteiger partial charge on any atom is -0.418 e. The van der Waals surface area contributed by atoms with E-state index in [-0.39, 0.29) is 17.6 Å². The number of amides is 1. The molecule has 1 amide bonds. The Kier molecular flexibility index (Phi) is 4.56. The molecule has 4 rings (SSSR count). The van der Waals surface area contributed by atoms with Crippen molar-refractivity contribution in [2.45, 2.75) is 25.8 Å². The molecule has 0 aliphatic carbocycles. The molecular weight excluding hydrogens is 356 g/mol. The van der Waals surface area contributed by atoms with E-state index in [0.29, 0.717) is 31.5 Å². The third-order valence-corrected chi connectivity index (χ3v) is 5.04. The summed E-state index contributed by atoms with van der Waals surface area (Å²) in [4.78, 5) is 15.4. The Morgan fingerprint density at radius 3 is 3.00 bits per heavy atom. The molecule has 0 saturated carbocycles. The lowest BCUT2D eigenvalue weighted by atomic mass is 10.1. The van der Waals surface area contributed by atoms with Crippen LogP contribution >= 0.6 is 11.3 Å². The molecule has 0 bridgehead atoms. The van der Waals surface area contributed by atoms with Gasteiger partial charge in [-0.25, -0.2) is 0 Å². The van der Waals surface area contributed by atoms with Gasteiger partial charge in [0.15, 0.2) is 0 Å².